The molecule has 20 heavy (non-hydrogen) atoms. The Bertz CT molecular complexity index is 497. The maximum atomic E-state index is 12.5. The molecular formula is C16H21NO2S. The number of nitrogens with one attached hydrogen (secondary N) is 1. The van der Waals surface area contributed by atoms with Crippen LogP contribution in [-0.2, 0) is 4.74 Å². The molecule has 1 aromatic rings. The van der Waals surface area contributed by atoms with E-state index in [4.69, 9.17) is 4.74 Å². The number of ether oxygens (including phenoxy) is 1. The second-order valence-corrected chi connectivity index (χ2v) is 6.59. The summed E-state index contributed by atoms with van der Waals surface area (Å²) >= 11 is 1.62. The smallest absolute Gasteiger partial charge is 0.252 e. The van der Waals surface area contributed by atoms with Gasteiger partial charge in [-0.15, -0.1) is 11.8 Å². The second kappa shape index (κ2) is 5.78. The van der Waals surface area contributed by atoms with Crippen LogP contribution in [-0.4, -0.2) is 31.4 Å². The van der Waals surface area contributed by atoms with Crippen LogP contribution in [0.4, 0.5) is 0 Å². The average Bonchev–Trinajstić information content (AvgIpc) is 2.52. The standard InChI is InChI=1S/C16H21NO2S/c1-20-13-5-3-2-4-12(13)15(18)17-14-6-7-16(14)8-10-19-11-9-16/h2-5,14H,6-11H2,1H3,(H,17,18). The number of hydrogen-bond acceptors (Lipinski definition) is 3. The lowest BCUT2D eigenvalue weighted by Gasteiger charge is -2.52. The van der Waals surface area contributed by atoms with E-state index in [1.165, 1.54) is 6.42 Å². The Balaban J connectivity index is 1.70. The van der Waals surface area contributed by atoms with Crippen LogP contribution in [0.3, 0.4) is 0 Å². The zero-order valence-electron chi connectivity index (χ0n) is 11.9. The van der Waals surface area contributed by atoms with E-state index in [-0.39, 0.29) is 5.91 Å². The van der Waals surface area contributed by atoms with Crippen LogP contribution in [0, 0.1) is 5.41 Å². The minimum atomic E-state index is 0.0746. The summed E-state index contributed by atoms with van der Waals surface area (Å²) in [5.41, 5.74) is 1.11. The van der Waals surface area contributed by atoms with Crippen LogP contribution >= 0.6 is 11.8 Å². The lowest BCUT2D eigenvalue weighted by Crippen LogP contribution is -2.57. The molecule has 1 aliphatic carbocycles. The second-order valence-electron chi connectivity index (χ2n) is 5.74. The van der Waals surface area contributed by atoms with Gasteiger partial charge in [0, 0.05) is 24.2 Å². The van der Waals surface area contributed by atoms with E-state index in [1.807, 2.05) is 30.5 Å². The number of thioether (sulfide) groups is 1. The molecule has 1 heterocycles. The number of benzene rings is 1. The third-order valence-electron chi connectivity index (χ3n) is 4.82. The molecule has 108 valence electrons. The molecule has 1 aliphatic heterocycles. The van der Waals surface area contributed by atoms with Gasteiger partial charge in [0.05, 0.1) is 5.56 Å². The zero-order chi connectivity index (χ0) is 14.0. The summed E-state index contributed by atoms with van der Waals surface area (Å²) in [6.45, 7) is 1.68. The first-order valence-electron chi connectivity index (χ1n) is 7.27. The van der Waals surface area contributed by atoms with E-state index in [0.29, 0.717) is 11.5 Å². The quantitative estimate of drug-likeness (QED) is 0.870. The highest BCUT2D eigenvalue weighted by Crippen LogP contribution is 2.48. The number of rotatable bonds is 3. The highest BCUT2D eigenvalue weighted by Gasteiger charge is 2.48. The molecular weight excluding hydrogens is 270 g/mol. The molecule has 1 N–H and O–H groups in total. The van der Waals surface area contributed by atoms with Crippen molar-refractivity contribution in [3.63, 3.8) is 0 Å². The third-order valence-corrected chi connectivity index (χ3v) is 5.61. The number of carbonyl (C=O) groups is 1. The molecule has 2 aliphatic rings. The van der Waals surface area contributed by atoms with Crippen molar-refractivity contribution in [2.24, 2.45) is 5.41 Å². The van der Waals surface area contributed by atoms with Crippen molar-refractivity contribution < 1.29 is 9.53 Å². The van der Waals surface area contributed by atoms with E-state index < -0.39 is 0 Å². The normalized spacial score (nSPS) is 24.1. The molecule has 1 atom stereocenters. The lowest BCUT2D eigenvalue weighted by molar-refractivity contribution is -0.0523. The minimum absolute atomic E-state index is 0.0746. The van der Waals surface area contributed by atoms with Gasteiger partial charge in [-0.05, 0) is 49.5 Å². The Hall–Kier alpha value is -1.00. The van der Waals surface area contributed by atoms with E-state index in [2.05, 4.69) is 5.32 Å². The van der Waals surface area contributed by atoms with Crippen molar-refractivity contribution in [2.75, 3.05) is 19.5 Å². The number of amides is 1. The monoisotopic (exact) mass is 291 g/mol. The molecule has 1 spiro atoms. The van der Waals surface area contributed by atoms with Crippen molar-refractivity contribution >= 4 is 17.7 Å². The van der Waals surface area contributed by atoms with Gasteiger partial charge in [0.2, 0.25) is 0 Å². The van der Waals surface area contributed by atoms with Crippen molar-refractivity contribution in [2.45, 2.75) is 36.6 Å². The van der Waals surface area contributed by atoms with Gasteiger partial charge in [-0.2, -0.15) is 0 Å². The van der Waals surface area contributed by atoms with Gasteiger partial charge in [0.15, 0.2) is 0 Å². The zero-order valence-corrected chi connectivity index (χ0v) is 12.7. The molecule has 2 fully saturated rings. The van der Waals surface area contributed by atoms with Crippen molar-refractivity contribution in [3.05, 3.63) is 29.8 Å². The first kappa shape index (κ1) is 14.0. The van der Waals surface area contributed by atoms with Crippen molar-refractivity contribution in [1.29, 1.82) is 0 Å². The first-order chi connectivity index (χ1) is 9.75. The van der Waals surface area contributed by atoms with Gasteiger partial charge < -0.3 is 10.1 Å². The molecule has 3 nitrogen and oxygen atoms in total. The summed E-state index contributed by atoms with van der Waals surface area (Å²) in [5, 5.41) is 3.26. The Morgan fingerprint density at radius 2 is 2.05 bits per heavy atom. The molecule has 1 saturated heterocycles. The highest BCUT2D eigenvalue weighted by molar-refractivity contribution is 7.98. The van der Waals surface area contributed by atoms with Gasteiger partial charge in [0.1, 0.15) is 0 Å². The van der Waals surface area contributed by atoms with Crippen LogP contribution in [0.5, 0.6) is 0 Å². The molecule has 1 unspecified atom stereocenters. The van der Waals surface area contributed by atoms with E-state index in [1.54, 1.807) is 11.8 Å². The minimum Gasteiger partial charge on any atom is -0.381 e. The fraction of sp³-hybridized carbons (Fsp3) is 0.562. The SMILES string of the molecule is CSc1ccccc1C(=O)NC1CCC12CCOCC2. The maximum Gasteiger partial charge on any atom is 0.252 e. The lowest BCUT2D eigenvalue weighted by atomic mass is 9.60. The Morgan fingerprint density at radius 1 is 1.30 bits per heavy atom. The van der Waals surface area contributed by atoms with Crippen LogP contribution in [0.2, 0.25) is 0 Å². The molecule has 1 amide bonds. The van der Waals surface area contributed by atoms with E-state index in [0.717, 1.165) is 42.9 Å². The molecule has 1 aromatic carbocycles. The van der Waals surface area contributed by atoms with Gasteiger partial charge in [-0.25, -0.2) is 0 Å². The van der Waals surface area contributed by atoms with Gasteiger partial charge in [0.25, 0.3) is 5.91 Å². The predicted octanol–water partition coefficient (Wildman–Crippen LogP) is 3.10. The Labute approximate surface area is 124 Å². The van der Waals surface area contributed by atoms with Gasteiger partial charge >= 0.3 is 0 Å². The summed E-state index contributed by atoms with van der Waals surface area (Å²) < 4.78 is 5.46. The van der Waals surface area contributed by atoms with Crippen LogP contribution in [0.25, 0.3) is 0 Å². The summed E-state index contributed by atoms with van der Waals surface area (Å²) in [4.78, 5) is 13.5. The van der Waals surface area contributed by atoms with E-state index >= 15 is 0 Å². The Morgan fingerprint density at radius 3 is 2.70 bits per heavy atom. The van der Waals surface area contributed by atoms with Crippen LogP contribution in [0.15, 0.2) is 29.2 Å². The Kier molecular flexibility index (Phi) is 4.03. The van der Waals surface area contributed by atoms with Crippen molar-refractivity contribution in [3.8, 4) is 0 Å². The predicted molar refractivity (Wildman–Crippen MR) is 81.2 cm³/mol. The molecule has 1 saturated carbocycles. The first-order valence-corrected chi connectivity index (χ1v) is 8.49. The topological polar surface area (TPSA) is 38.3 Å². The van der Waals surface area contributed by atoms with Gasteiger partial charge in [-0.3, -0.25) is 4.79 Å². The third kappa shape index (κ3) is 2.47. The largest absolute Gasteiger partial charge is 0.381 e. The summed E-state index contributed by atoms with van der Waals surface area (Å²) in [7, 11) is 0. The highest BCUT2D eigenvalue weighted by atomic mass is 32.2. The summed E-state index contributed by atoms with van der Waals surface area (Å²) in [5.74, 6) is 0.0746. The molecule has 4 heteroatoms. The maximum absolute atomic E-state index is 12.5. The number of carbonyl (C=O) groups excluding carboxylic acids is 1. The van der Waals surface area contributed by atoms with Crippen LogP contribution in [0.1, 0.15) is 36.0 Å². The fourth-order valence-electron chi connectivity index (χ4n) is 3.37. The molecule has 0 bridgehead atoms. The van der Waals surface area contributed by atoms with Crippen LogP contribution < -0.4 is 5.32 Å². The summed E-state index contributed by atoms with van der Waals surface area (Å²) in [6, 6.07) is 8.15. The summed E-state index contributed by atoms with van der Waals surface area (Å²) in [6.07, 6.45) is 6.51. The molecule has 3 rings (SSSR count). The fourth-order valence-corrected chi connectivity index (χ4v) is 3.96. The number of hydrogen-bond donors (Lipinski definition) is 1. The van der Waals surface area contributed by atoms with Crippen molar-refractivity contribution in [1.82, 2.24) is 5.32 Å². The molecule has 0 aromatic heterocycles. The van der Waals surface area contributed by atoms with E-state index in [9.17, 15) is 4.79 Å². The van der Waals surface area contributed by atoms with Gasteiger partial charge in [-0.1, -0.05) is 12.1 Å². The molecule has 0 radical (unpaired) electrons. The average molecular weight is 291 g/mol.